The SMILES string of the molecule is Cc1ccccc1CNC(=O)CCN(c1ccc2c(c1)OCO2)S(C)(=O)=O. The Kier molecular flexibility index (Phi) is 5.55. The van der Waals surface area contributed by atoms with E-state index in [9.17, 15) is 13.2 Å². The second-order valence-corrected chi connectivity index (χ2v) is 8.23. The van der Waals surface area contributed by atoms with Gasteiger partial charge in [-0.2, -0.15) is 0 Å². The predicted molar refractivity (Wildman–Crippen MR) is 102 cm³/mol. The summed E-state index contributed by atoms with van der Waals surface area (Å²) >= 11 is 0. The third kappa shape index (κ3) is 4.71. The first-order valence-electron chi connectivity index (χ1n) is 8.53. The van der Waals surface area contributed by atoms with E-state index in [1.807, 2.05) is 31.2 Å². The highest BCUT2D eigenvalue weighted by Crippen LogP contribution is 2.36. The molecule has 1 N–H and O–H groups in total. The van der Waals surface area contributed by atoms with Crippen molar-refractivity contribution in [1.82, 2.24) is 5.32 Å². The molecular weight excluding hydrogens is 368 g/mol. The molecule has 3 rings (SSSR count). The minimum absolute atomic E-state index is 0.0398. The zero-order valence-corrected chi connectivity index (χ0v) is 16.1. The summed E-state index contributed by atoms with van der Waals surface area (Å²) in [4.78, 5) is 12.2. The lowest BCUT2D eigenvalue weighted by Gasteiger charge is -2.22. The van der Waals surface area contributed by atoms with Gasteiger partial charge in [0, 0.05) is 25.6 Å². The highest BCUT2D eigenvalue weighted by Gasteiger charge is 2.22. The van der Waals surface area contributed by atoms with Gasteiger partial charge in [-0.05, 0) is 30.2 Å². The predicted octanol–water partition coefficient (Wildman–Crippen LogP) is 2.20. The molecule has 0 saturated heterocycles. The molecule has 0 radical (unpaired) electrons. The van der Waals surface area contributed by atoms with Crippen LogP contribution in [0.25, 0.3) is 0 Å². The van der Waals surface area contributed by atoms with Crippen LogP contribution in [0.5, 0.6) is 11.5 Å². The third-order valence-corrected chi connectivity index (χ3v) is 5.52. The van der Waals surface area contributed by atoms with Crippen LogP contribution in [0.1, 0.15) is 17.5 Å². The fourth-order valence-corrected chi connectivity index (χ4v) is 3.74. The van der Waals surface area contributed by atoms with Crippen molar-refractivity contribution < 1.29 is 22.7 Å². The molecule has 0 aliphatic carbocycles. The number of hydrogen-bond acceptors (Lipinski definition) is 5. The van der Waals surface area contributed by atoms with Crippen LogP contribution in [0.2, 0.25) is 0 Å². The van der Waals surface area contributed by atoms with Crippen molar-refractivity contribution in [3.63, 3.8) is 0 Å². The Hall–Kier alpha value is -2.74. The number of benzene rings is 2. The molecule has 0 aromatic heterocycles. The van der Waals surface area contributed by atoms with E-state index in [0.29, 0.717) is 23.7 Å². The first-order chi connectivity index (χ1) is 12.8. The summed E-state index contributed by atoms with van der Waals surface area (Å²) < 4.78 is 36.1. The number of fused-ring (bicyclic) bond motifs is 1. The quantitative estimate of drug-likeness (QED) is 0.783. The molecular formula is C19H22N2O5S. The Balaban J connectivity index is 1.64. The standard InChI is InChI=1S/C19H22N2O5S/c1-14-5-3-4-6-15(14)12-20-19(22)9-10-21(27(2,23)24)16-7-8-17-18(11-16)26-13-25-17/h3-8,11H,9-10,12-13H2,1-2H3,(H,20,22). The van der Waals surface area contributed by atoms with Gasteiger partial charge in [0.05, 0.1) is 11.9 Å². The Morgan fingerprint density at radius 2 is 1.89 bits per heavy atom. The molecule has 2 aromatic rings. The van der Waals surface area contributed by atoms with Crippen molar-refractivity contribution in [1.29, 1.82) is 0 Å². The average Bonchev–Trinajstić information content (AvgIpc) is 3.08. The van der Waals surface area contributed by atoms with E-state index in [1.165, 1.54) is 4.31 Å². The summed E-state index contributed by atoms with van der Waals surface area (Å²) in [7, 11) is -3.55. The Morgan fingerprint density at radius 1 is 1.15 bits per heavy atom. The molecule has 1 heterocycles. The first kappa shape index (κ1) is 19.0. The number of carbonyl (C=O) groups is 1. The molecule has 144 valence electrons. The fourth-order valence-electron chi connectivity index (χ4n) is 2.82. The lowest BCUT2D eigenvalue weighted by Crippen LogP contribution is -2.34. The van der Waals surface area contributed by atoms with Gasteiger partial charge < -0.3 is 14.8 Å². The summed E-state index contributed by atoms with van der Waals surface area (Å²) in [5.41, 5.74) is 2.56. The van der Waals surface area contributed by atoms with E-state index < -0.39 is 10.0 Å². The number of aryl methyl sites for hydroxylation is 1. The van der Waals surface area contributed by atoms with Crippen molar-refractivity contribution in [2.24, 2.45) is 0 Å². The van der Waals surface area contributed by atoms with E-state index in [4.69, 9.17) is 9.47 Å². The second kappa shape index (κ2) is 7.87. The maximum absolute atomic E-state index is 12.2. The molecule has 0 unspecified atom stereocenters. The van der Waals surface area contributed by atoms with Crippen LogP contribution in [0.4, 0.5) is 5.69 Å². The number of carbonyl (C=O) groups excluding carboxylic acids is 1. The lowest BCUT2D eigenvalue weighted by molar-refractivity contribution is -0.121. The second-order valence-electron chi connectivity index (χ2n) is 6.33. The van der Waals surface area contributed by atoms with Gasteiger partial charge in [0.2, 0.25) is 22.7 Å². The topological polar surface area (TPSA) is 84.9 Å². The number of nitrogens with zero attached hydrogens (tertiary/aromatic N) is 1. The maximum atomic E-state index is 12.2. The van der Waals surface area contributed by atoms with Gasteiger partial charge in [0.1, 0.15) is 0 Å². The molecule has 8 heteroatoms. The van der Waals surface area contributed by atoms with Crippen LogP contribution in [-0.2, 0) is 21.4 Å². The summed E-state index contributed by atoms with van der Waals surface area (Å²) in [6, 6.07) is 12.7. The molecule has 1 amide bonds. The van der Waals surface area contributed by atoms with E-state index >= 15 is 0 Å². The van der Waals surface area contributed by atoms with Gasteiger partial charge >= 0.3 is 0 Å². The van der Waals surface area contributed by atoms with E-state index in [0.717, 1.165) is 17.4 Å². The lowest BCUT2D eigenvalue weighted by atomic mass is 10.1. The number of amides is 1. The fraction of sp³-hybridized carbons (Fsp3) is 0.316. The number of sulfonamides is 1. The largest absolute Gasteiger partial charge is 0.454 e. The van der Waals surface area contributed by atoms with Crippen molar-refractivity contribution >= 4 is 21.6 Å². The Labute approximate surface area is 158 Å². The monoisotopic (exact) mass is 390 g/mol. The minimum atomic E-state index is -3.55. The van der Waals surface area contributed by atoms with Crippen LogP contribution in [0.3, 0.4) is 0 Å². The molecule has 27 heavy (non-hydrogen) atoms. The number of hydrogen-bond donors (Lipinski definition) is 1. The number of ether oxygens (including phenoxy) is 2. The number of nitrogens with one attached hydrogen (secondary N) is 1. The highest BCUT2D eigenvalue weighted by atomic mass is 32.2. The zero-order chi connectivity index (χ0) is 19.4. The minimum Gasteiger partial charge on any atom is -0.454 e. The van der Waals surface area contributed by atoms with Crippen molar-refractivity contribution in [3.05, 3.63) is 53.6 Å². The summed E-state index contributed by atoms with van der Waals surface area (Å²) in [6.45, 7) is 2.54. The molecule has 0 atom stereocenters. The van der Waals surface area contributed by atoms with E-state index in [-0.39, 0.29) is 25.7 Å². The van der Waals surface area contributed by atoms with Gasteiger partial charge in [-0.15, -0.1) is 0 Å². The molecule has 0 saturated carbocycles. The maximum Gasteiger partial charge on any atom is 0.232 e. The Morgan fingerprint density at radius 3 is 2.63 bits per heavy atom. The number of anilines is 1. The molecule has 0 fully saturated rings. The molecule has 2 aromatic carbocycles. The van der Waals surface area contributed by atoms with Gasteiger partial charge in [-0.25, -0.2) is 8.42 Å². The normalized spacial score (nSPS) is 12.7. The smallest absolute Gasteiger partial charge is 0.232 e. The number of rotatable bonds is 7. The molecule has 1 aliphatic heterocycles. The zero-order valence-electron chi connectivity index (χ0n) is 15.3. The van der Waals surface area contributed by atoms with E-state index in [1.54, 1.807) is 18.2 Å². The molecule has 7 nitrogen and oxygen atoms in total. The van der Waals surface area contributed by atoms with Crippen LogP contribution in [0.15, 0.2) is 42.5 Å². The third-order valence-electron chi connectivity index (χ3n) is 4.32. The van der Waals surface area contributed by atoms with Crippen molar-refractivity contribution in [2.75, 3.05) is 23.9 Å². The summed E-state index contributed by atoms with van der Waals surface area (Å²) in [5.74, 6) is 0.848. The molecule has 0 spiro atoms. The highest BCUT2D eigenvalue weighted by molar-refractivity contribution is 7.92. The molecule has 1 aliphatic rings. The van der Waals surface area contributed by atoms with Crippen molar-refractivity contribution in [3.8, 4) is 11.5 Å². The van der Waals surface area contributed by atoms with Crippen LogP contribution < -0.4 is 19.1 Å². The van der Waals surface area contributed by atoms with Crippen LogP contribution in [-0.4, -0.2) is 33.9 Å². The average molecular weight is 390 g/mol. The van der Waals surface area contributed by atoms with E-state index in [2.05, 4.69) is 5.32 Å². The summed E-state index contributed by atoms with van der Waals surface area (Å²) in [6.07, 6.45) is 1.16. The van der Waals surface area contributed by atoms with Gasteiger partial charge in [0.15, 0.2) is 11.5 Å². The van der Waals surface area contributed by atoms with Crippen LogP contribution >= 0.6 is 0 Å². The van der Waals surface area contributed by atoms with Crippen LogP contribution in [0, 0.1) is 6.92 Å². The van der Waals surface area contributed by atoms with Gasteiger partial charge in [-0.1, -0.05) is 24.3 Å². The summed E-state index contributed by atoms with van der Waals surface area (Å²) in [5, 5.41) is 2.83. The Bertz CT molecular complexity index is 943. The molecule has 0 bridgehead atoms. The first-order valence-corrected chi connectivity index (χ1v) is 10.4. The van der Waals surface area contributed by atoms with Gasteiger partial charge in [0.25, 0.3) is 0 Å². The van der Waals surface area contributed by atoms with Gasteiger partial charge in [-0.3, -0.25) is 9.10 Å². The van der Waals surface area contributed by atoms with Crippen molar-refractivity contribution in [2.45, 2.75) is 19.9 Å².